The van der Waals surface area contributed by atoms with E-state index in [-0.39, 0.29) is 5.92 Å². The van der Waals surface area contributed by atoms with Crippen molar-refractivity contribution in [1.29, 1.82) is 0 Å². The number of hydrogen-bond acceptors (Lipinski definition) is 3. The molecular weight excluding hydrogens is 266 g/mol. The van der Waals surface area contributed by atoms with Gasteiger partial charge in [-0.25, -0.2) is 0 Å². The molecule has 2 fully saturated rings. The lowest BCUT2D eigenvalue weighted by Crippen LogP contribution is -2.40. The lowest BCUT2D eigenvalue weighted by atomic mass is 9.85. The minimum absolute atomic E-state index is 0.195. The first-order valence-electron chi connectivity index (χ1n) is 8.06. The van der Waals surface area contributed by atoms with Gasteiger partial charge in [-0.05, 0) is 44.9 Å². The Hall–Kier alpha value is -1.65. The highest BCUT2D eigenvalue weighted by Crippen LogP contribution is 2.33. The highest BCUT2D eigenvalue weighted by Gasteiger charge is 2.30. The van der Waals surface area contributed by atoms with Crippen LogP contribution in [-0.4, -0.2) is 40.0 Å². The summed E-state index contributed by atoms with van der Waals surface area (Å²) in [6.07, 6.45) is 11.7. The average Bonchev–Trinajstić information content (AvgIpc) is 3.04. The second kappa shape index (κ2) is 6.41. The van der Waals surface area contributed by atoms with E-state index in [9.17, 15) is 9.59 Å². The third kappa shape index (κ3) is 3.17. The van der Waals surface area contributed by atoms with Gasteiger partial charge in [-0.3, -0.25) is 14.3 Å². The SMILES string of the molecule is O=Cc1cnn([C@H]2CC[C@H](C(=O)N3CCCCC3)CC2)c1. The van der Waals surface area contributed by atoms with Crippen molar-refractivity contribution < 1.29 is 9.59 Å². The van der Waals surface area contributed by atoms with E-state index < -0.39 is 0 Å². The molecule has 5 nitrogen and oxygen atoms in total. The van der Waals surface area contributed by atoms with Gasteiger partial charge < -0.3 is 4.90 Å². The molecule has 1 aromatic rings. The first kappa shape index (κ1) is 14.3. The zero-order valence-corrected chi connectivity index (χ0v) is 12.4. The average molecular weight is 289 g/mol. The van der Waals surface area contributed by atoms with Crippen molar-refractivity contribution in [2.45, 2.75) is 51.0 Å². The quantitative estimate of drug-likeness (QED) is 0.803. The van der Waals surface area contributed by atoms with Crippen LogP contribution in [0.2, 0.25) is 0 Å². The van der Waals surface area contributed by atoms with Crippen LogP contribution in [0, 0.1) is 5.92 Å². The van der Waals surface area contributed by atoms with E-state index in [0.717, 1.165) is 57.9 Å². The van der Waals surface area contributed by atoms with Crippen molar-refractivity contribution >= 4 is 12.2 Å². The van der Waals surface area contributed by atoms with Gasteiger partial charge in [0, 0.05) is 25.2 Å². The molecule has 1 amide bonds. The minimum atomic E-state index is 0.195. The van der Waals surface area contributed by atoms with Gasteiger partial charge in [0.15, 0.2) is 6.29 Å². The summed E-state index contributed by atoms with van der Waals surface area (Å²) in [5, 5.41) is 4.26. The van der Waals surface area contributed by atoms with Crippen LogP contribution < -0.4 is 0 Å². The number of amides is 1. The van der Waals surface area contributed by atoms with Crippen molar-refractivity contribution in [2.75, 3.05) is 13.1 Å². The van der Waals surface area contributed by atoms with Crippen LogP contribution >= 0.6 is 0 Å². The Kier molecular flexibility index (Phi) is 4.36. The Morgan fingerprint density at radius 1 is 1.14 bits per heavy atom. The molecule has 1 aliphatic carbocycles. The molecule has 114 valence electrons. The van der Waals surface area contributed by atoms with Gasteiger partial charge in [-0.2, -0.15) is 5.10 Å². The number of piperidine rings is 1. The molecule has 0 N–H and O–H groups in total. The minimum Gasteiger partial charge on any atom is -0.342 e. The van der Waals surface area contributed by atoms with Gasteiger partial charge in [0.25, 0.3) is 0 Å². The number of carbonyl (C=O) groups excluding carboxylic acids is 2. The topological polar surface area (TPSA) is 55.2 Å². The fourth-order valence-electron chi connectivity index (χ4n) is 3.57. The predicted octanol–water partition coefficient (Wildman–Crippen LogP) is 2.44. The zero-order valence-electron chi connectivity index (χ0n) is 12.4. The summed E-state index contributed by atoms with van der Waals surface area (Å²) in [5.74, 6) is 0.558. The van der Waals surface area contributed by atoms with Crippen LogP contribution in [0.1, 0.15) is 61.3 Å². The van der Waals surface area contributed by atoms with E-state index in [2.05, 4.69) is 10.00 Å². The van der Waals surface area contributed by atoms with E-state index in [1.807, 2.05) is 10.9 Å². The third-order valence-electron chi connectivity index (χ3n) is 4.85. The summed E-state index contributed by atoms with van der Waals surface area (Å²) in [5.41, 5.74) is 0.626. The third-order valence-corrected chi connectivity index (χ3v) is 4.85. The Morgan fingerprint density at radius 3 is 2.48 bits per heavy atom. The fourth-order valence-corrected chi connectivity index (χ4v) is 3.57. The van der Waals surface area contributed by atoms with Crippen LogP contribution in [0.4, 0.5) is 0 Å². The van der Waals surface area contributed by atoms with Gasteiger partial charge in [-0.1, -0.05) is 0 Å². The second-order valence-corrected chi connectivity index (χ2v) is 6.26. The van der Waals surface area contributed by atoms with Crippen LogP contribution in [0.15, 0.2) is 12.4 Å². The molecule has 1 aliphatic heterocycles. The molecule has 0 unspecified atom stereocenters. The molecule has 1 saturated heterocycles. The second-order valence-electron chi connectivity index (χ2n) is 6.26. The molecule has 1 saturated carbocycles. The molecule has 0 atom stereocenters. The van der Waals surface area contributed by atoms with Crippen molar-refractivity contribution in [3.8, 4) is 0 Å². The molecule has 3 rings (SSSR count). The van der Waals surface area contributed by atoms with Crippen molar-refractivity contribution in [3.63, 3.8) is 0 Å². The van der Waals surface area contributed by atoms with Gasteiger partial charge >= 0.3 is 0 Å². The zero-order chi connectivity index (χ0) is 14.7. The molecule has 0 bridgehead atoms. The Morgan fingerprint density at radius 2 is 1.86 bits per heavy atom. The van der Waals surface area contributed by atoms with E-state index in [4.69, 9.17) is 0 Å². The Labute approximate surface area is 125 Å². The highest BCUT2D eigenvalue weighted by atomic mass is 16.2. The smallest absolute Gasteiger partial charge is 0.225 e. The summed E-state index contributed by atoms with van der Waals surface area (Å²) in [6.45, 7) is 1.89. The molecule has 0 aromatic carbocycles. The normalized spacial score (nSPS) is 26.6. The Bertz CT molecular complexity index is 497. The molecule has 5 heteroatoms. The largest absolute Gasteiger partial charge is 0.342 e. The van der Waals surface area contributed by atoms with Gasteiger partial charge in [0.2, 0.25) is 5.91 Å². The molecular formula is C16H23N3O2. The summed E-state index contributed by atoms with van der Waals surface area (Å²) < 4.78 is 1.89. The van der Waals surface area contributed by atoms with Gasteiger partial charge in [-0.15, -0.1) is 0 Å². The van der Waals surface area contributed by atoms with Crippen LogP contribution in [0.3, 0.4) is 0 Å². The summed E-state index contributed by atoms with van der Waals surface area (Å²) >= 11 is 0. The molecule has 2 aliphatic rings. The molecule has 0 radical (unpaired) electrons. The van der Waals surface area contributed by atoms with Gasteiger partial charge in [0.05, 0.1) is 17.8 Å². The van der Waals surface area contributed by atoms with Crippen LogP contribution in [0.5, 0.6) is 0 Å². The standard InChI is InChI=1S/C16H23N3O2/c20-12-13-10-17-19(11-13)15-6-4-14(5-7-15)16(21)18-8-2-1-3-9-18/h10-12,14-15H,1-9H2/t14-,15-. The highest BCUT2D eigenvalue weighted by molar-refractivity contribution is 5.79. The van der Waals surface area contributed by atoms with E-state index in [1.165, 1.54) is 6.42 Å². The maximum absolute atomic E-state index is 12.5. The van der Waals surface area contributed by atoms with E-state index in [0.29, 0.717) is 17.5 Å². The van der Waals surface area contributed by atoms with Crippen molar-refractivity contribution in [2.24, 2.45) is 5.92 Å². The van der Waals surface area contributed by atoms with Crippen molar-refractivity contribution in [1.82, 2.24) is 14.7 Å². The molecule has 2 heterocycles. The summed E-state index contributed by atoms with van der Waals surface area (Å²) in [6, 6.07) is 0.337. The predicted molar refractivity (Wildman–Crippen MR) is 79.0 cm³/mol. The van der Waals surface area contributed by atoms with Crippen LogP contribution in [-0.2, 0) is 4.79 Å². The first-order valence-corrected chi connectivity index (χ1v) is 8.06. The number of hydrogen-bond donors (Lipinski definition) is 0. The van der Waals surface area contributed by atoms with Gasteiger partial charge in [0.1, 0.15) is 0 Å². The number of aldehydes is 1. The fraction of sp³-hybridized carbons (Fsp3) is 0.688. The maximum atomic E-state index is 12.5. The number of carbonyl (C=O) groups is 2. The summed E-state index contributed by atoms with van der Waals surface area (Å²) in [7, 11) is 0. The molecule has 1 aromatic heterocycles. The van der Waals surface area contributed by atoms with Crippen molar-refractivity contribution in [3.05, 3.63) is 18.0 Å². The Balaban J connectivity index is 1.54. The number of rotatable bonds is 3. The maximum Gasteiger partial charge on any atom is 0.225 e. The molecule has 0 spiro atoms. The lowest BCUT2D eigenvalue weighted by molar-refractivity contribution is -0.137. The molecule has 21 heavy (non-hydrogen) atoms. The number of nitrogens with zero attached hydrogens (tertiary/aromatic N) is 3. The summed E-state index contributed by atoms with van der Waals surface area (Å²) in [4.78, 5) is 25.3. The first-order chi connectivity index (χ1) is 10.3. The van der Waals surface area contributed by atoms with E-state index >= 15 is 0 Å². The van der Waals surface area contributed by atoms with Crippen LogP contribution in [0.25, 0.3) is 0 Å². The monoisotopic (exact) mass is 289 g/mol. The lowest BCUT2D eigenvalue weighted by Gasteiger charge is -2.34. The number of likely N-dealkylation sites (tertiary alicyclic amines) is 1. The van der Waals surface area contributed by atoms with E-state index in [1.54, 1.807) is 6.20 Å². The number of aromatic nitrogens is 2.